The Hall–Kier alpha value is -3.07. The van der Waals surface area contributed by atoms with Crippen LogP contribution in [0, 0.1) is 13.8 Å². The molecule has 0 spiro atoms. The van der Waals surface area contributed by atoms with Crippen LogP contribution in [-0.4, -0.2) is 14.1 Å². The Bertz CT molecular complexity index is 1140. The van der Waals surface area contributed by atoms with Crippen LogP contribution in [0.4, 0.5) is 0 Å². The molecule has 0 aliphatic carbocycles. The first-order chi connectivity index (χ1) is 14.5. The van der Waals surface area contributed by atoms with E-state index in [-0.39, 0.29) is 20.1 Å². The van der Waals surface area contributed by atoms with Gasteiger partial charge in [-0.05, 0) is 31.6 Å². The number of pyridine rings is 1. The fraction of sp³-hybridized carbons (Fsp3) is 0.111. The maximum Gasteiger partial charge on any atom is 0.164 e. The number of nitrogens with zero attached hydrogens (tertiary/aromatic N) is 3. The number of aromatic nitrogens is 3. The molecule has 0 aliphatic heterocycles. The zero-order valence-corrected chi connectivity index (χ0v) is 20.6. The normalized spacial score (nSPS) is 9.77. The van der Waals surface area contributed by atoms with Crippen LogP contribution in [0.5, 0.6) is 0 Å². The van der Waals surface area contributed by atoms with Gasteiger partial charge in [0.2, 0.25) is 0 Å². The van der Waals surface area contributed by atoms with E-state index < -0.39 is 0 Å². The summed E-state index contributed by atoms with van der Waals surface area (Å²) in [5, 5.41) is 0. The zero-order valence-electron chi connectivity index (χ0n) is 18.2. The first-order valence-electron chi connectivity index (χ1n) is 9.92. The molecule has 0 atom stereocenters. The average Bonchev–Trinajstić information content (AvgIpc) is 3.16. The molecule has 1 radical (unpaired) electrons. The van der Waals surface area contributed by atoms with Gasteiger partial charge < -0.3 is 0 Å². The Morgan fingerprint density at radius 2 is 1.48 bits per heavy atom. The predicted molar refractivity (Wildman–Crippen MR) is 127 cm³/mol. The van der Waals surface area contributed by atoms with Crippen molar-refractivity contribution in [3.05, 3.63) is 128 Å². The van der Waals surface area contributed by atoms with Gasteiger partial charge in [-0.2, -0.15) is 41.7 Å². The van der Waals surface area contributed by atoms with Gasteiger partial charge in [0.05, 0.1) is 5.70 Å². The summed E-state index contributed by atoms with van der Waals surface area (Å²) in [5.41, 5.74) is 7.81. The number of allylic oxidation sites excluding steroid dienone is 1. The quantitative estimate of drug-likeness (QED) is 0.251. The molecule has 0 bridgehead atoms. The van der Waals surface area contributed by atoms with Gasteiger partial charge >= 0.3 is 0 Å². The summed E-state index contributed by atoms with van der Waals surface area (Å²) in [6.45, 7) is 12.3. The second-order valence-electron chi connectivity index (χ2n) is 7.36. The molecule has 2 aromatic heterocycles. The first kappa shape index (κ1) is 24.2. The number of aryl methyl sites for hydroxylation is 1. The topological polar surface area (TPSA) is 22.8 Å². The van der Waals surface area contributed by atoms with E-state index in [9.17, 15) is 0 Å². The van der Waals surface area contributed by atoms with Gasteiger partial charge in [-0.15, -0.1) is 23.8 Å². The maximum atomic E-state index is 4.27. The van der Waals surface area contributed by atoms with Crippen LogP contribution in [-0.2, 0) is 27.2 Å². The van der Waals surface area contributed by atoms with Crippen molar-refractivity contribution in [3.8, 4) is 11.3 Å². The molecule has 31 heavy (non-hydrogen) atoms. The molecule has 0 unspecified atom stereocenters. The molecule has 4 heteroatoms. The number of rotatable bonds is 3. The van der Waals surface area contributed by atoms with Crippen LogP contribution >= 0.6 is 0 Å². The van der Waals surface area contributed by atoms with E-state index in [4.69, 9.17) is 0 Å². The maximum absolute atomic E-state index is 4.27. The second kappa shape index (κ2) is 11.4. The van der Waals surface area contributed by atoms with E-state index in [0.29, 0.717) is 0 Å². The molecular weight excluding hydrogens is 559 g/mol. The van der Waals surface area contributed by atoms with Crippen LogP contribution in [0.15, 0.2) is 97.2 Å². The van der Waals surface area contributed by atoms with Crippen molar-refractivity contribution in [1.29, 1.82) is 0 Å². The summed E-state index contributed by atoms with van der Waals surface area (Å²) >= 11 is 0. The molecule has 0 aliphatic rings. The minimum atomic E-state index is 0. The monoisotopic (exact) mass is 587 g/mol. The van der Waals surface area contributed by atoms with Gasteiger partial charge in [0, 0.05) is 39.0 Å². The molecule has 3 nitrogen and oxygen atoms in total. The molecule has 0 fully saturated rings. The van der Waals surface area contributed by atoms with E-state index in [1.807, 2.05) is 72.4 Å². The Labute approximate surface area is 199 Å². The second-order valence-corrected chi connectivity index (χ2v) is 7.36. The largest absolute Gasteiger partial charge is 0.270 e. The van der Waals surface area contributed by atoms with Crippen LogP contribution in [0.25, 0.3) is 17.0 Å². The fourth-order valence-electron chi connectivity index (χ4n) is 3.29. The number of hydrogen-bond acceptors (Lipinski definition) is 1. The fourth-order valence-corrected chi connectivity index (χ4v) is 3.29. The van der Waals surface area contributed by atoms with E-state index in [1.165, 1.54) is 16.8 Å². The Balaban J connectivity index is 0.000000220. The van der Waals surface area contributed by atoms with Gasteiger partial charge in [0.1, 0.15) is 12.4 Å². The summed E-state index contributed by atoms with van der Waals surface area (Å²) in [4.78, 5) is 4.27. The number of hydrogen-bond donors (Lipinski definition) is 0. The Morgan fingerprint density at radius 1 is 0.839 bits per heavy atom. The molecule has 0 saturated heterocycles. The van der Waals surface area contributed by atoms with Gasteiger partial charge in [0.25, 0.3) is 0 Å². The van der Waals surface area contributed by atoms with Crippen LogP contribution < -0.4 is 0 Å². The van der Waals surface area contributed by atoms with Crippen molar-refractivity contribution in [3.63, 3.8) is 0 Å². The molecule has 4 rings (SSSR count). The smallest absolute Gasteiger partial charge is 0.164 e. The first-order valence-corrected chi connectivity index (χ1v) is 9.92. The molecular formula is C27H28IrN3-. The molecule has 0 amide bonds. The van der Waals surface area contributed by atoms with Gasteiger partial charge in [-0.1, -0.05) is 29.8 Å². The van der Waals surface area contributed by atoms with Crippen LogP contribution in [0.1, 0.15) is 30.5 Å². The van der Waals surface area contributed by atoms with Crippen molar-refractivity contribution < 1.29 is 20.1 Å². The predicted octanol–water partition coefficient (Wildman–Crippen LogP) is 6.52. The third-order valence-electron chi connectivity index (χ3n) is 4.73. The Kier molecular flexibility index (Phi) is 8.87. The summed E-state index contributed by atoms with van der Waals surface area (Å²) in [6.07, 6.45) is 7.96. The van der Waals surface area contributed by atoms with E-state index in [0.717, 1.165) is 22.4 Å². The van der Waals surface area contributed by atoms with E-state index in [2.05, 4.69) is 61.9 Å². The van der Waals surface area contributed by atoms with Gasteiger partial charge in [0.15, 0.2) is 6.33 Å². The molecule has 2 heterocycles. The molecule has 4 aromatic rings. The Morgan fingerprint density at radius 3 is 2.03 bits per heavy atom. The summed E-state index contributed by atoms with van der Waals surface area (Å²) in [7, 11) is 2.02. The molecule has 0 saturated carbocycles. The average molecular weight is 587 g/mol. The third kappa shape index (κ3) is 6.21. The zero-order chi connectivity index (χ0) is 21.5. The van der Waals surface area contributed by atoms with E-state index in [1.54, 1.807) is 6.20 Å². The molecule has 0 N–H and O–H groups in total. The van der Waals surface area contributed by atoms with E-state index >= 15 is 0 Å². The molecule has 161 valence electrons. The standard InChI is InChI=1S/C15H18N2.C12H10N.Ir/c1-12(2)15(17-10-9-16(4)11-17)14-8-6-5-7-13(14)3;1-10-6-2-3-7-11(10)12-8-4-5-9-13-12;/h5-11H,3H2,1-2,4H3;2-9H,1H2;/q;-1;. The molecule has 2 aromatic carbocycles. The summed E-state index contributed by atoms with van der Waals surface area (Å²) in [5.74, 6) is 0. The van der Waals surface area contributed by atoms with Gasteiger partial charge in [-0.3, -0.25) is 9.55 Å². The summed E-state index contributed by atoms with van der Waals surface area (Å²) in [6, 6.07) is 22.1. The van der Waals surface area contributed by atoms with Crippen LogP contribution in [0.3, 0.4) is 0 Å². The third-order valence-corrected chi connectivity index (χ3v) is 4.73. The SMILES string of the molecule is [CH2-]c1ccccc1-c1ccccn1.[CH2-]c1ccccc1C(=C(C)C)n1ccn(C)[cH+]1.[Ir]. The van der Waals surface area contributed by atoms with Crippen molar-refractivity contribution in [2.75, 3.05) is 0 Å². The summed E-state index contributed by atoms with van der Waals surface area (Å²) < 4.78 is 4.17. The number of benzene rings is 2. The number of imidazole rings is 1. The van der Waals surface area contributed by atoms with Crippen LogP contribution in [0.2, 0.25) is 0 Å². The van der Waals surface area contributed by atoms with Crippen molar-refractivity contribution in [2.45, 2.75) is 13.8 Å². The minimum Gasteiger partial charge on any atom is -0.270 e. The van der Waals surface area contributed by atoms with Crippen molar-refractivity contribution in [1.82, 2.24) is 14.1 Å². The van der Waals surface area contributed by atoms with Crippen molar-refractivity contribution in [2.24, 2.45) is 7.05 Å². The van der Waals surface area contributed by atoms with Crippen molar-refractivity contribution >= 4 is 5.70 Å². The minimum absolute atomic E-state index is 0. The van der Waals surface area contributed by atoms with Gasteiger partial charge in [-0.25, -0.2) is 0 Å².